The van der Waals surface area contributed by atoms with Crippen molar-refractivity contribution in [2.24, 2.45) is 0 Å². The van der Waals surface area contributed by atoms with E-state index in [4.69, 9.17) is 9.47 Å². The van der Waals surface area contributed by atoms with Crippen molar-refractivity contribution in [1.82, 2.24) is 9.97 Å². The first-order chi connectivity index (χ1) is 13.7. The summed E-state index contributed by atoms with van der Waals surface area (Å²) in [5.74, 6) is 1.61. The van der Waals surface area contributed by atoms with Crippen LogP contribution in [0.4, 0.5) is 24.9 Å². The van der Waals surface area contributed by atoms with Gasteiger partial charge in [-0.25, -0.2) is 4.98 Å². The number of alkyl halides is 3. The molecule has 158 valence electrons. The van der Waals surface area contributed by atoms with Crippen molar-refractivity contribution in [3.63, 3.8) is 0 Å². The topological polar surface area (TPSA) is 50.7 Å². The van der Waals surface area contributed by atoms with Gasteiger partial charge in [-0.1, -0.05) is 0 Å². The molecule has 2 heterocycles. The van der Waals surface area contributed by atoms with E-state index < -0.39 is 11.9 Å². The zero-order chi connectivity index (χ0) is 21.2. The van der Waals surface area contributed by atoms with Gasteiger partial charge in [0.25, 0.3) is 0 Å². The highest BCUT2D eigenvalue weighted by Crippen LogP contribution is 2.36. The fourth-order valence-corrected chi connectivity index (χ4v) is 3.21. The minimum atomic E-state index is -4.54. The molecule has 0 saturated heterocycles. The molecule has 9 heteroatoms. The van der Waals surface area contributed by atoms with Crippen LogP contribution in [0, 0.1) is 0 Å². The van der Waals surface area contributed by atoms with Gasteiger partial charge >= 0.3 is 6.18 Å². The molecule has 0 atom stereocenters. The number of hydrogen-bond donors (Lipinski definition) is 0. The first-order valence-corrected chi connectivity index (χ1v) is 9.52. The summed E-state index contributed by atoms with van der Waals surface area (Å²) in [6.07, 6.45) is -3.89. The van der Waals surface area contributed by atoms with Crippen LogP contribution in [0.1, 0.15) is 30.7 Å². The van der Waals surface area contributed by atoms with Gasteiger partial charge in [0.05, 0.1) is 13.2 Å². The lowest BCUT2D eigenvalue weighted by molar-refractivity contribution is -0.141. The summed E-state index contributed by atoms with van der Waals surface area (Å²) in [4.78, 5) is 11.4. The third kappa shape index (κ3) is 4.65. The number of hydrogen-bond acceptors (Lipinski definition) is 6. The molecule has 0 amide bonds. The third-order valence-corrected chi connectivity index (χ3v) is 4.61. The number of anilines is 2. The van der Waals surface area contributed by atoms with Crippen LogP contribution in [-0.2, 0) is 19.1 Å². The maximum absolute atomic E-state index is 13.3. The van der Waals surface area contributed by atoms with E-state index in [9.17, 15) is 13.2 Å². The lowest BCUT2D eigenvalue weighted by Gasteiger charge is -2.30. The number of benzene rings is 1. The first-order valence-electron chi connectivity index (χ1n) is 9.52. The predicted molar refractivity (Wildman–Crippen MR) is 105 cm³/mol. The summed E-state index contributed by atoms with van der Waals surface area (Å²) in [5, 5.41) is 0. The van der Waals surface area contributed by atoms with Gasteiger partial charge in [0.15, 0.2) is 17.2 Å². The SMILES string of the molecule is CCOc1cc2c(cc1OCC)CN(c1nc(N(C)C)cc(C(F)(F)F)n1)CC2. The molecule has 1 aromatic heterocycles. The Hall–Kier alpha value is -2.71. The van der Waals surface area contributed by atoms with Gasteiger partial charge in [0.1, 0.15) is 5.82 Å². The van der Waals surface area contributed by atoms with Crippen LogP contribution in [0.5, 0.6) is 11.5 Å². The average molecular weight is 410 g/mol. The van der Waals surface area contributed by atoms with Crippen LogP contribution in [0.25, 0.3) is 0 Å². The molecule has 0 N–H and O–H groups in total. The van der Waals surface area contributed by atoms with Crippen molar-refractivity contribution >= 4 is 11.8 Å². The maximum atomic E-state index is 13.3. The van der Waals surface area contributed by atoms with Crippen molar-refractivity contribution in [3.05, 3.63) is 35.0 Å². The summed E-state index contributed by atoms with van der Waals surface area (Å²) in [6.45, 7) is 5.73. The molecule has 1 aromatic carbocycles. The molecule has 2 aromatic rings. The zero-order valence-electron chi connectivity index (χ0n) is 17.0. The smallest absolute Gasteiger partial charge is 0.433 e. The van der Waals surface area contributed by atoms with E-state index in [1.54, 1.807) is 23.9 Å². The molecule has 0 spiro atoms. The number of ether oxygens (including phenoxy) is 2. The Balaban J connectivity index is 1.96. The monoisotopic (exact) mass is 410 g/mol. The molecule has 29 heavy (non-hydrogen) atoms. The van der Waals surface area contributed by atoms with Crippen LogP contribution in [0.2, 0.25) is 0 Å². The van der Waals surface area contributed by atoms with Gasteiger partial charge in [0, 0.05) is 33.3 Å². The third-order valence-electron chi connectivity index (χ3n) is 4.61. The van der Waals surface area contributed by atoms with Crippen LogP contribution < -0.4 is 19.3 Å². The average Bonchev–Trinajstić information content (AvgIpc) is 2.67. The van der Waals surface area contributed by atoms with Crippen LogP contribution in [0.3, 0.4) is 0 Å². The summed E-state index contributed by atoms with van der Waals surface area (Å²) < 4.78 is 51.3. The fourth-order valence-electron chi connectivity index (χ4n) is 3.21. The van der Waals surface area contributed by atoms with Gasteiger partial charge in [-0.2, -0.15) is 18.2 Å². The lowest BCUT2D eigenvalue weighted by Crippen LogP contribution is -2.33. The molecule has 6 nitrogen and oxygen atoms in total. The van der Waals surface area contributed by atoms with E-state index in [2.05, 4.69) is 9.97 Å². The van der Waals surface area contributed by atoms with Crippen LogP contribution in [0.15, 0.2) is 18.2 Å². The first kappa shape index (κ1) is 21.0. The van der Waals surface area contributed by atoms with E-state index in [0.29, 0.717) is 44.2 Å². The van der Waals surface area contributed by atoms with E-state index in [1.165, 1.54) is 0 Å². The van der Waals surface area contributed by atoms with E-state index in [0.717, 1.165) is 17.2 Å². The van der Waals surface area contributed by atoms with Gasteiger partial charge in [-0.05, 0) is 43.5 Å². The minimum Gasteiger partial charge on any atom is -0.490 e. The van der Waals surface area contributed by atoms with E-state index in [1.807, 2.05) is 26.0 Å². The standard InChI is InChI=1S/C20H25F3N4O2/c1-5-28-15-9-13-7-8-27(12-14(13)10-16(15)29-6-2)19-24-17(20(21,22)23)11-18(25-19)26(3)4/h9-11H,5-8,12H2,1-4H3. The Morgan fingerprint density at radius 1 is 1.00 bits per heavy atom. The van der Waals surface area contributed by atoms with Gasteiger partial charge < -0.3 is 19.3 Å². The van der Waals surface area contributed by atoms with Crippen LogP contribution >= 0.6 is 0 Å². The predicted octanol–water partition coefficient (Wildman–Crippen LogP) is 3.92. The van der Waals surface area contributed by atoms with Gasteiger partial charge in [-0.3, -0.25) is 0 Å². The molecular weight excluding hydrogens is 385 g/mol. The second kappa shape index (κ2) is 8.34. The van der Waals surface area contributed by atoms with Crippen LogP contribution in [-0.4, -0.2) is 43.8 Å². The number of halogens is 3. The molecule has 1 aliphatic rings. The normalized spacial score (nSPS) is 13.8. The Kier molecular flexibility index (Phi) is 6.04. The van der Waals surface area contributed by atoms with Gasteiger partial charge in [0.2, 0.25) is 5.95 Å². The highest BCUT2D eigenvalue weighted by Gasteiger charge is 2.35. The van der Waals surface area contributed by atoms with Crippen molar-refractivity contribution in [1.29, 1.82) is 0 Å². The van der Waals surface area contributed by atoms with Crippen molar-refractivity contribution in [2.75, 3.05) is 43.7 Å². The quantitative estimate of drug-likeness (QED) is 0.720. The Bertz CT molecular complexity index is 872. The summed E-state index contributed by atoms with van der Waals surface area (Å²) in [5.41, 5.74) is 1.11. The lowest BCUT2D eigenvalue weighted by atomic mass is 9.99. The maximum Gasteiger partial charge on any atom is 0.433 e. The molecule has 0 saturated carbocycles. The Morgan fingerprint density at radius 3 is 2.17 bits per heavy atom. The van der Waals surface area contributed by atoms with E-state index in [-0.39, 0.29) is 11.8 Å². The summed E-state index contributed by atoms with van der Waals surface area (Å²) in [7, 11) is 3.31. The molecule has 0 aliphatic carbocycles. The fraction of sp³-hybridized carbons (Fsp3) is 0.500. The molecule has 0 radical (unpaired) electrons. The molecular formula is C20H25F3N4O2. The zero-order valence-corrected chi connectivity index (χ0v) is 17.0. The largest absolute Gasteiger partial charge is 0.490 e. The van der Waals surface area contributed by atoms with Crippen molar-refractivity contribution in [2.45, 2.75) is 33.0 Å². The van der Waals surface area contributed by atoms with E-state index >= 15 is 0 Å². The molecule has 0 fully saturated rings. The second-order valence-electron chi connectivity index (χ2n) is 6.91. The van der Waals surface area contributed by atoms with Crippen molar-refractivity contribution in [3.8, 4) is 11.5 Å². The minimum absolute atomic E-state index is 0.0704. The molecule has 1 aliphatic heterocycles. The number of nitrogens with zero attached hydrogens (tertiary/aromatic N) is 4. The summed E-state index contributed by atoms with van der Waals surface area (Å²) >= 11 is 0. The number of aromatic nitrogens is 2. The Morgan fingerprint density at radius 2 is 1.62 bits per heavy atom. The number of rotatable bonds is 6. The van der Waals surface area contributed by atoms with Crippen molar-refractivity contribution < 1.29 is 22.6 Å². The number of fused-ring (bicyclic) bond motifs is 1. The molecule has 0 unspecified atom stereocenters. The second-order valence-corrected chi connectivity index (χ2v) is 6.91. The highest BCUT2D eigenvalue weighted by atomic mass is 19.4. The highest BCUT2D eigenvalue weighted by molar-refractivity contribution is 5.52. The Labute approximate surface area is 168 Å². The van der Waals surface area contributed by atoms with Gasteiger partial charge in [-0.15, -0.1) is 0 Å². The summed E-state index contributed by atoms with van der Waals surface area (Å²) in [6, 6.07) is 4.82. The molecule has 3 rings (SSSR count). The molecule has 0 bridgehead atoms.